The fourth-order valence-corrected chi connectivity index (χ4v) is 5.36. The normalized spacial score (nSPS) is 27.5. The molecule has 0 spiro atoms. The van der Waals surface area contributed by atoms with Crippen molar-refractivity contribution in [2.24, 2.45) is 0 Å². The predicted molar refractivity (Wildman–Crippen MR) is 119 cm³/mol. The Kier molecular flexibility index (Phi) is 6.66. The molecule has 157 valence electrons. The zero-order valence-electron chi connectivity index (χ0n) is 17.7. The number of piperazine rings is 1. The molecule has 2 aliphatic rings. The van der Waals surface area contributed by atoms with E-state index >= 15 is 0 Å². The third kappa shape index (κ3) is 4.28. The molecule has 1 radical (unpaired) electrons. The lowest BCUT2D eigenvalue weighted by Gasteiger charge is -2.46. The molecule has 1 aliphatic heterocycles. The van der Waals surface area contributed by atoms with Gasteiger partial charge in [-0.05, 0) is 30.9 Å². The highest BCUT2D eigenvalue weighted by molar-refractivity contribution is 7.13. The van der Waals surface area contributed by atoms with Gasteiger partial charge >= 0.3 is 0 Å². The molecular weight excluding hydrogens is 382 g/mol. The summed E-state index contributed by atoms with van der Waals surface area (Å²) in [5, 5.41) is 4.64. The van der Waals surface area contributed by atoms with Crippen LogP contribution in [0.3, 0.4) is 0 Å². The first-order valence-corrected chi connectivity index (χ1v) is 11.5. The van der Waals surface area contributed by atoms with Gasteiger partial charge in [-0.15, -0.1) is 0 Å². The number of nitrogens with zero attached hydrogens (tertiary/aromatic N) is 2. The molecule has 2 aromatic rings. The van der Waals surface area contributed by atoms with Gasteiger partial charge in [0, 0.05) is 45.1 Å². The van der Waals surface area contributed by atoms with Crippen LogP contribution in [0.15, 0.2) is 36.4 Å². The highest BCUT2D eigenvalue weighted by atomic mass is 32.1. The van der Waals surface area contributed by atoms with Crippen molar-refractivity contribution in [3.8, 4) is 0 Å². The minimum absolute atomic E-state index is 0.0328. The van der Waals surface area contributed by atoms with Crippen LogP contribution in [0.25, 0.3) is 10.1 Å². The van der Waals surface area contributed by atoms with Crippen LogP contribution in [0, 0.1) is 6.04 Å². The Morgan fingerprint density at radius 3 is 2.86 bits per heavy atom. The quantitative estimate of drug-likeness (QED) is 0.684. The molecule has 1 fully saturated rings. The molecule has 0 saturated carbocycles. The summed E-state index contributed by atoms with van der Waals surface area (Å²) in [5.74, 6) is -0.768. The van der Waals surface area contributed by atoms with Gasteiger partial charge in [0.1, 0.15) is 0 Å². The summed E-state index contributed by atoms with van der Waals surface area (Å²) in [6, 6.07) is 9.75. The number of hydrogen-bond donors (Lipinski definition) is 1. The van der Waals surface area contributed by atoms with E-state index in [0.717, 1.165) is 51.1 Å². The fraction of sp³-hybridized carbons (Fsp3) is 0.565. The number of aromatic nitrogens is 1. The Morgan fingerprint density at radius 2 is 2.10 bits per heavy atom. The second-order valence-corrected chi connectivity index (χ2v) is 8.84. The topological polar surface area (TPSA) is 46.6 Å². The average molecular weight is 415 g/mol. The van der Waals surface area contributed by atoms with Gasteiger partial charge in [0.25, 0.3) is 0 Å². The summed E-state index contributed by atoms with van der Waals surface area (Å²) < 4.78 is 19.0. The van der Waals surface area contributed by atoms with E-state index in [0.29, 0.717) is 0 Å². The number of benzene rings is 1. The number of rotatable bonds is 7. The zero-order valence-corrected chi connectivity index (χ0v) is 18.5. The van der Waals surface area contributed by atoms with Crippen molar-refractivity contribution >= 4 is 21.6 Å². The maximum absolute atomic E-state index is 6.70. The Labute approximate surface area is 178 Å². The molecule has 1 saturated heterocycles. The van der Waals surface area contributed by atoms with Crippen LogP contribution in [0.2, 0.25) is 0 Å². The van der Waals surface area contributed by atoms with Crippen LogP contribution in [-0.2, 0) is 9.47 Å². The van der Waals surface area contributed by atoms with Crippen LogP contribution >= 0.6 is 11.5 Å². The molecule has 4 rings (SSSR count). The molecule has 0 amide bonds. The first kappa shape index (κ1) is 20.9. The smallest absolute Gasteiger partial charge is 0.182 e. The highest BCUT2D eigenvalue weighted by Gasteiger charge is 2.48. The van der Waals surface area contributed by atoms with Crippen molar-refractivity contribution in [2.45, 2.75) is 50.9 Å². The summed E-state index contributed by atoms with van der Waals surface area (Å²) >= 11 is 1.56. The molecule has 1 aromatic carbocycles. The van der Waals surface area contributed by atoms with E-state index in [1.807, 2.05) is 0 Å². The van der Waals surface area contributed by atoms with Gasteiger partial charge in [-0.3, -0.25) is 4.90 Å². The van der Waals surface area contributed by atoms with E-state index in [1.54, 1.807) is 18.6 Å². The van der Waals surface area contributed by atoms with Gasteiger partial charge in [-0.2, -0.15) is 4.37 Å². The third-order valence-corrected chi connectivity index (χ3v) is 6.89. The van der Waals surface area contributed by atoms with E-state index in [4.69, 9.17) is 13.8 Å². The van der Waals surface area contributed by atoms with Crippen molar-refractivity contribution in [3.63, 3.8) is 0 Å². The molecular formula is C23H32N3O2S. The number of hydrogen-bond acceptors (Lipinski definition) is 6. The summed E-state index contributed by atoms with van der Waals surface area (Å²) in [7, 11) is 1.79. The molecule has 6 heteroatoms. The maximum Gasteiger partial charge on any atom is 0.182 e. The van der Waals surface area contributed by atoms with Crippen molar-refractivity contribution < 1.29 is 9.47 Å². The van der Waals surface area contributed by atoms with Crippen LogP contribution in [0.4, 0.5) is 0 Å². The number of nitrogens with one attached hydrogen (secondary N) is 1. The number of methoxy groups -OCH3 is 1. The molecule has 3 unspecified atom stereocenters. The van der Waals surface area contributed by atoms with Crippen LogP contribution in [0.5, 0.6) is 0 Å². The van der Waals surface area contributed by atoms with Crippen LogP contribution < -0.4 is 5.32 Å². The molecule has 1 N–H and O–H groups in total. The summed E-state index contributed by atoms with van der Waals surface area (Å²) in [5.41, 5.74) is 1.06. The van der Waals surface area contributed by atoms with Crippen LogP contribution in [-0.4, -0.2) is 54.5 Å². The molecule has 1 aliphatic carbocycles. The van der Waals surface area contributed by atoms with Crippen molar-refractivity contribution in [1.82, 2.24) is 14.6 Å². The maximum atomic E-state index is 6.70. The van der Waals surface area contributed by atoms with Gasteiger partial charge < -0.3 is 14.8 Å². The zero-order chi connectivity index (χ0) is 20.3. The number of ether oxygens (including phenoxy) is 2. The summed E-state index contributed by atoms with van der Waals surface area (Å²) in [6.07, 6.45) is 7.50. The summed E-state index contributed by atoms with van der Waals surface area (Å²) in [4.78, 5) is 2.46. The van der Waals surface area contributed by atoms with E-state index < -0.39 is 5.79 Å². The first-order valence-electron chi connectivity index (χ1n) is 10.7. The number of fused-ring (bicyclic) bond motifs is 1. The Bertz CT molecular complexity index is 832. The average Bonchev–Trinajstić information content (AvgIpc) is 3.18. The monoisotopic (exact) mass is 414 g/mol. The molecule has 0 bridgehead atoms. The Morgan fingerprint density at radius 1 is 1.31 bits per heavy atom. The molecule has 1 aromatic heterocycles. The van der Waals surface area contributed by atoms with E-state index in [1.165, 1.54) is 16.1 Å². The molecule has 5 nitrogen and oxygen atoms in total. The van der Waals surface area contributed by atoms with Crippen LogP contribution in [0.1, 0.15) is 44.7 Å². The second kappa shape index (κ2) is 9.23. The first-order chi connectivity index (χ1) is 14.2. The lowest BCUT2D eigenvalue weighted by molar-refractivity contribution is -0.257. The van der Waals surface area contributed by atoms with Gasteiger partial charge in [0.2, 0.25) is 0 Å². The SMILES string of the molecule is CCCC(C)OC1(OC)C[C](N2CCNCC2)C=CC1c1nsc2ccccc12. The van der Waals surface area contributed by atoms with Gasteiger partial charge in [-0.25, -0.2) is 0 Å². The Balaban J connectivity index is 1.71. The van der Waals surface area contributed by atoms with E-state index in [-0.39, 0.29) is 12.0 Å². The van der Waals surface area contributed by atoms with Gasteiger partial charge in [0.05, 0.1) is 28.5 Å². The second-order valence-electron chi connectivity index (χ2n) is 8.04. The summed E-state index contributed by atoms with van der Waals surface area (Å²) in [6.45, 7) is 8.44. The predicted octanol–water partition coefficient (Wildman–Crippen LogP) is 4.32. The molecule has 3 atom stereocenters. The highest BCUT2D eigenvalue weighted by Crippen LogP contribution is 2.46. The van der Waals surface area contributed by atoms with E-state index in [2.05, 4.69) is 60.5 Å². The molecule has 2 heterocycles. The van der Waals surface area contributed by atoms with Crippen molar-refractivity contribution in [3.05, 3.63) is 48.2 Å². The third-order valence-electron chi connectivity index (χ3n) is 6.05. The Hall–Kier alpha value is -1.31. The van der Waals surface area contributed by atoms with Crippen molar-refractivity contribution in [2.75, 3.05) is 33.3 Å². The minimum Gasteiger partial charge on any atom is -0.352 e. The fourth-order valence-electron chi connectivity index (χ4n) is 4.54. The van der Waals surface area contributed by atoms with E-state index in [9.17, 15) is 0 Å². The standard InChI is InChI=1S/C23H32N3O2S/c1-4-7-17(2)28-23(27-3)16-18(26-14-12-24-13-15-26)10-11-20(23)22-19-8-5-6-9-21(19)29-25-22/h5-6,8-11,17,20,24H,4,7,12-16H2,1-3H3. The van der Waals surface area contributed by atoms with Gasteiger partial charge in [-0.1, -0.05) is 43.7 Å². The molecule has 29 heavy (non-hydrogen) atoms. The minimum atomic E-state index is -0.736. The van der Waals surface area contributed by atoms with Gasteiger partial charge in [0.15, 0.2) is 5.79 Å². The lowest BCUT2D eigenvalue weighted by Crippen LogP contribution is -2.51. The largest absolute Gasteiger partial charge is 0.352 e. The lowest BCUT2D eigenvalue weighted by atomic mass is 9.82. The van der Waals surface area contributed by atoms with Crippen molar-refractivity contribution in [1.29, 1.82) is 0 Å².